The van der Waals surface area contributed by atoms with E-state index in [1.165, 1.54) is 12.8 Å². The Balaban J connectivity index is 2.21. The summed E-state index contributed by atoms with van der Waals surface area (Å²) in [4.78, 5) is 0. The molecule has 0 bridgehead atoms. The van der Waals surface area contributed by atoms with E-state index in [2.05, 4.69) is 20.8 Å². The summed E-state index contributed by atoms with van der Waals surface area (Å²) in [5, 5.41) is 9.95. The average Bonchev–Trinajstić information content (AvgIpc) is 2.18. The third-order valence-corrected chi connectivity index (χ3v) is 3.57. The zero-order valence-electron chi connectivity index (χ0n) is 10.5. The summed E-state index contributed by atoms with van der Waals surface area (Å²) in [7, 11) is 0. The van der Waals surface area contributed by atoms with Crippen LogP contribution in [0.2, 0.25) is 0 Å². The van der Waals surface area contributed by atoms with E-state index in [1.807, 2.05) is 0 Å². The first-order valence-corrected chi connectivity index (χ1v) is 6.31. The molecule has 0 saturated heterocycles. The molecule has 0 aromatic rings. The van der Waals surface area contributed by atoms with Gasteiger partial charge in [-0.2, -0.15) is 0 Å². The smallest absolute Gasteiger partial charge is 0.0801 e. The summed E-state index contributed by atoms with van der Waals surface area (Å²) in [6.45, 7) is 8.04. The van der Waals surface area contributed by atoms with Crippen molar-refractivity contribution in [2.24, 2.45) is 11.3 Å². The zero-order valence-corrected chi connectivity index (χ0v) is 10.5. The molecule has 0 aromatic heterocycles. The lowest BCUT2D eigenvalue weighted by Gasteiger charge is -2.36. The zero-order chi connectivity index (χ0) is 11.3. The fourth-order valence-corrected chi connectivity index (χ4v) is 2.29. The van der Waals surface area contributed by atoms with Gasteiger partial charge < -0.3 is 9.84 Å². The van der Waals surface area contributed by atoms with Crippen LogP contribution in [-0.2, 0) is 4.74 Å². The minimum absolute atomic E-state index is 0.243. The predicted octanol–water partition coefficient (Wildman–Crippen LogP) is 2.99. The molecule has 0 heterocycles. The van der Waals surface area contributed by atoms with Gasteiger partial charge in [0, 0.05) is 6.61 Å². The van der Waals surface area contributed by atoms with E-state index in [0.29, 0.717) is 17.9 Å². The molecule has 2 heteroatoms. The van der Waals surface area contributed by atoms with Gasteiger partial charge in [-0.15, -0.1) is 0 Å². The van der Waals surface area contributed by atoms with Crippen molar-refractivity contribution in [1.29, 1.82) is 0 Å². The standard InChI is InChI=1S/C13H26O2/c1-4-9-15-10-12(14)11-5-7-13(2,3)8-6-11/h11-12,14H,4-10H2,1-3H3. The molecule has 1 saturated carbocycles. The lowest BCUT2D eigenvalue weighted by molar-refractivity contribution is -0.0145. The Labute approximate surface area is 94.0 Å². The molecule has 1 fully saturated rings. The SMILES string of the molecule is CCCOCC(O)C1CCC(C)(C)CC1. The molecular formula is C13H26O2. The fourth-order valence-electron chi connectivity index (χ4n) is 2.29. The Hall–Kier alpha value is -0.0800. The van der Waals surface area contributed by atoms with Gasteiger partial charge in [0.05, 0.1) is 12.7 Å². The van der Waals surface area contributed by atoms with Crippen molar-refractivity contribution in [2.75, 3.05) is 13.2 Å². The van der Waals surface area contributed by atoms with Crippen LogP contribution in [0.5, 0.6) is 0 Å². The highest BCUT2D eigenvalue weighted by molar-refractivity contribution is 4.81. The molecule has 0 radical (unpaired) electrons. The van der Waals surface area contributed by atoms with Gasteiger partial charge in [-0.25, -0.2) is 0 Å². The number of ether oxygens (including phenoxy) is 1. The number of rotatable bonds is 5. The van der Waals surface area contributed by atoms with E-state index >= 15 is 0 Å². The van der Waals surface area contributed by atoms with Crippen molar-refractivity contribution in [2.45, 2.75) is 59.0 Å². The molecule has 0 spiro atoms. The molecule has 1 aliphatic rings. The van der Waals surface area contributed by atoms with Gasteiger partial charge >= 0.3 is 0 Å². The number of aliphatic hydroxyl groups excluding tert-OH is 1. The van der Waals surface area contributed by atoms with Crippen molar-refractivity contribution >= 4 is 0 Å². The molecule has 0 aromatic carbocycles. The monoisotopic (exact) mass is 214 g/mol. The van der Waals surface area contributed by atoms with E-state index < -0.39 is 0 Å². The van der Waals surface area contributed by atoms with Crippen LogP contribution in [0.4, 0.5) is 0 Å². The van der Waals surface area contributed by atoms with Crippen LogP contribution in [-0.4, -0.2) is 24.4 Å². The minimum Gasteiger partial charge on any atom is -0.390 e. The summed E-state index contributed by atoms with van der Waals surface area (Å²) < 4.78 is 5.40. The molecule has 15 heavy (non-hydrogen) atoms. The quantitative estimate of drug-likeness (QED) is 0.713. The maximum Gasteiger partial charge on any atom is 0.0801 e. The van der Waals surface area contributed by atoms with E-state index in [9.17, 15) is 5.11 Å². The van der Waals surface area contributed by atoms with E-state index in [0.717, 1.165) is 25.9 Å². The largest absolute Gasteiger partial charge is 0.390 e. The third kappa shape index (κ3) is 4.52. The highest BCUT2D eigenvalue weighted by Crippen LogP contribution is 2.39. The molecule has 1 atom stereocenters. The molecule has 1 aliphatic carbocycles. The van der Waals surface area contributed by atoms with Gasteiger partial charge in [-0.3, -0.25) is 0 Å². The summed E-state index contributed by atoms with van der Waals surface area (Å²) in [5.41, 5.74) is 0.487. The highest BCUT2D eigenvalue weighted by atomic mass is 16.5. The first-order chi connectivity index (χ1) is 7.05. The molecule has 0 aliphatic heterocycles. The molecule has 0 amide bonds. The molecule has 1 N–H and O–H groups in total. The Bertz CT molecular complexity index is 167. The van der Waals surface area contributed by atoms with Crippen molar-refractivity contribution in [1.82, 2.24) is 0 Å². The second-order valence-corrected chi connectivity index (χ2v) is 5.64. The van der Waals surface area contributed by atoms with Crippen LogP contribution >= 0.6 is 0 Å². The van der Waals surface area contributed by atoms with Crippen molar-refractivity contribution in [3.8, 4) is 0 Å². The van der Waals surface area contributed by atoms with Gasteiger partial charge in [0.25, 0.3) is 0 Å². The van der Waals surface area contributed by atoms with Crippen molar-refractivity contribution < 1.29 is 9.84 Å². The Morgan fingerprint density at radius 3 is 2.47 bits per heavy atom. The molecule has 90 valence electrons. The molecule has 1 unspecified atom stereocenters. The van der Waals surface area contributed by atoms with E-state index in [4.69, 9.17) is 4.74 Å². The number of hydrogen-bond donors (Lipinski definition) is 1. The number of aliphatic hydroxyl groups is 1. The Morgan fingerprint density at radius 2 is 1.93 bits per heavy atom. The molecule has 2 nitrogen and oxygen atoms in total. The summed E-state index contributed by atoms with van der Waals surface area (Å²) in [6.07, 6.45) is 5.58. The van der Waals surface area contributed by atoms with Gasteiger partial charge in [0.1, 0.15) is 0 Å². The predicted molar refractivity (Wildman–Crippen MR) is 62.9 cm³/mol. The summed E-state index contributed by atoms with van der Waals surface area (Å²) >= 11 is 0. The summed E-state index contributed by atoms with van der Waals surface area (Å²) in [5.74, 6) is 0.467. The van der Waals surface area contributed by atoms with Crippen molar-refractivity contribution in [3.05, 3.63) is 0 Å². The van der Waals surface area contributed by atoms with Gasteiger partial charge in [-0.1, -0.05) is 20.8 Å². The maximum absolute atomic E-state index is 9.95. The minimum atomic E-state index is -0.243. The van der Waals surface area contributed by atoms with E-state index in [1.54, 1.807) is 0 Å². The Kier molecular flexibility index (Phi) is 5.07. The molecule has 1 rings (SSSR count). The maximum atomic E-state index is 9.95. The van der Waals surface area contributed by atoms with Gasteiger partial charge in [-0.05, 0) is 43.4 Å². The van der Waals surface area contributed by atoms with Gasteiger partial charge in [0.2, 0.25) is 0 Å². The number of hydrogen-bond acceptors (Lipinski definition) is 2. The van der Waals surface area contributed by atoms with Crippen LogP contribution in [0.3, 0.4) is 0 Å². The lowest BCUT2D eigenvalue weighted by Crippen LogP contribution is -2.32. The van der Waals surface area contributed by atoms with Crippen molar-refractivity contribution in [3.63, 3.8) is 0 Å². The van der Waals surface area contributed by atoms with Crippen LogP contribution in [0.15, 0.2) is 0 Å². The Morgan fingerprint density at radius 1 is 1.33 bits per heavy atom. The second-order valence-electron chi connectivity index (χ2n) is 5.64. The third-order valence-electron chi connectivity index (χ3n) is 3.57. The summed E-state index contributed by atoms with van der Waals surface area (Å²) in [6, 6.07) is 0. The average molecular weight is 214 g/mol. The van der Waals surface area contributed by atoms with E-state index in [-0.39, 0.29) is 6.10 Å². The second kappa shape index (κ2) is 5.86. The lowest BCUT2D eigenvalue weighted by atomic mass is 9.72. The normalized spacial score (nSPS) is 24.0. The van der Waals surface area contributed by atoms with Crippen LogP contribution in [0.1, 0.15) is 52.9 Å². The first kappa shape index (κ1) is 13.0. The van der Waals surface area contributed by atoms with Crippen LogP contribution in [0, 0.1) is 11.3 Å². The van der Waals surface area contributed by atoms with Gasteiger partial charge in [0.15, 0.2) is 0 Å². The first-order valence-electron chi connectivity index (χ1n) is 6.31. The topological polar surface area (TPSA) is 29.5 Å². The fraction of sp³-hybridized carbons (Fsp3) is 1.00. The van der Waals surface area contributed by atoms with Crippen LogP contribution < -0.4 is 0 Å². The van der Waals surface area contributed by atoms with Crippen LogP contribution in [0.25, 0.3) is 0 Å². The highest BCUT2D eigenvalue weighted by Gasteiger charge is 2.30. The molecular weight excluding hydrogens is 188 g/mol.